The van der Waals surface area contributed by atoms with E-state index in [0.29, 0.717) is 12.1 Å². The normalized spacial score (nSPS) is 19.9. The second-order valence-corrected chi connectivity index (χ2v) is 5.91. The van der Waals surface area contributed by atoms with Gasteiger partial charge in [-0.05, 0) is 52.2 Å². The number of hydrogen-bond donors (Lipinski definition) is 2. The first kappa shape index (κ1) is 15.8. The highest BCUT2D eigenvalue weighted by molar-refractivity contribution is 5.89. The van der Waals surface area contributed by atoms with Crippen LogP contribution in [-0.2, 0) is 0 Å². The van der Waals surface area contributed by atoms with Crippen LogP contribution in [-0.4, -0.2) is 56.1 Å². The lowest BCUT2D eigenvalue weighted by Crippen LogP contribution is -2.36. The molecular weight excluding hydrogens is 264 g/mol. The molecule has 1 aromatic rings. The standard InChI is InChI=1S/C16H26N4O/c1-12(17-2)13-5-7-14(8-6-13)18-16(21)20-10-9-15(11-20)19(3)4/h5-8,12,15,17H,9-11H2,1-4H3,(H,18,21). The van der Waals surface area contributed by atoms with Crippen LogP contribution in [0.4, 0.5) is 10.5 Å². The summed E-state index contributed by atoms with van der Waals surface area (Å²) in [6, 6.07) is 8.78. The number of benzene rings is 1. The summed E-state index contributed by atoms with van der Waals surface area (Å²) < 4.78 is 0. The lowest BCUT2D eigenvalue weighted by Gasteiger charge is -2.21. The van der Waals surface area contributed by atoms with E-state index in [1.165, 1.54) is 5.56 Å². The molecule has 0 saturated carbocycles. The Bertz CT molecular complexity index is 472. The van der Waals surface area contributed by atoms with Gasteiger partial charge in [-0.2, -0.15) is 0 Å². The van der Waals surface area contributed by atoms with Gasteiger partial charge in [0, 0.05) is 30.9 Å². The van der Waals surface area contributed by atoms with Gasteiger partial charge in [-0.25, -0.2) is 4.79 Å². The molecule has 0 bridgehead atoms. The van der Waals surface area contributed by atoms with Crippen molar-refractivity contribution in [3.63, 3.8) is 0 Å². The second kappa shape index (κ2) is 6.91. The molecule has 0 radical (unpaired) electrons. The minimum absolute atomic E-state index is 0.00577. The maximum Gasteiger partial charge on any atom is 0.321 e. The van der Waals surface area contributed by atoms with E-state index in [1.807, 2.05) is 36.2 Å². The van der Waals surface area contributed by atoms with Crippen LogP contribution in [0.1, 0.15) is 24.9 Å². The summed E-state index contributed by atoms with van der Waals surface area (Å²) in [6.45, 7) is 3.73. The molecule has 21 heavy (non-hydrogen) atoms. The summed E-state index contributed by atoms with van der Waals surface area (Å²) in [5.74, 6) is 0. The van der Waals surface area contributed by atoms with Crippen molar-refractivity contribution >= 4 is 11.7 Å². The van der Waals surface area contributed by atoms with Crippen molar-refractivity contribution in [1.29, 1.82) is 0 Å². The van der Waals surface area contributed by atoms with E-state index in [-0.39, 0.29) is 6.03 Å². The molecule has 0 aliphatic carbocycles. The predicted molar refractivity (Wildman–Crippen MR) is 86.6 cm³/mol. The van der Waals surface area contributed by atoms with Crippen LogP contribution in [0.2, 0.25) is 0 Å². The monoisotopic (exact) mass is 290 g/mol. The molecule has 1 heterocycles. The van der Waals surface area contributed by atoms with E-state index < -0.39 is 0 Å². The summed E-state index contributed by atoms with van der Waals surface area (Å²) in [4.78, 5) is 16.3. The average molecular weight is 290 g/mol. The number of likely N-dealkylation sites (tertiary alicyclic amines) is 1. The molecule has 5 nitrogen and oxygen atoms in total. The van der Waals surface area contributed by atoms with E-state index in [1.54, 1.807) is 0 Å². The van der Waals surface area contributed by atoms with Crippen LogP contribution < -0.4 is 10.6 Å². The van der Waals surface area contributed by atoms with Crippen LogP contribution in [0, 0.1) is 0 Å². The molecule has 1 fully saturated rings. The molecule has 1 aliphatic rings. The van der Waals surface area contributed by atoms with Gasteiger partial charge in [0.15, 0.2) is 0 Å². The van der Waals surface area contributed by atoms with Gasteiger partial charge in [0.1, 0.15) is 0 Å². The molecule has 2 N–H and O–H groups in total. The van der Waals surface area contributed by atoms with Crippen LogP contribution in [0.15, 0.2) is 24.3 Å². The molecule has 0 spiro atoms. The number of urea groups is 1. The molecule has 2 unspecified atom stereocenters. The van der Waals surface area contributed by atoms with Crippen molar-refractivity contribution < 1.29 is 4.79 Å². The SMILES string of the molecule is CNC(C)c1ccc(NC(=O)N2CCC(N(C)C)C2)cc1. The van der Waals surface area contributed by atoms with E-state index in [9.17, 15) is 4.79 Å². The fourth-order valence-corrected chi connectivity index (χ4v) is 2.57. The molecule has 116 valence electrons. The largest absolute Gasteiger partial charge is 0.323 e. The summed E-state index contributed by atoms with van der Waals surface area (Å²) in [5, 5.41) is 6.18. The maximum atomic E-state index is 12.2. The third-order valence-corrected chi connectivity index (χ3v) is 4.28. The first-order chi connectivity index (χ1) is 10.0. The zero-order valence-electron chi connectivity index (χ0n) is 13.4. The van der Waals surface area contributed by atoms with Gasteiger partial charge in [-0.1, -0.05) is 12.1 Å². The predicted octanol–water partition coefficient (Wildman–Crippen LogP) is 2.13. The Morgan fingerprint density at radius 3 is 2.52 bits per heavy atom. The number of rotatable bonds is 4. The summed E-state index contributed by atoms with van der Waals surface area (Å²) in [5.41, 5.74) is 2.06. The van der Waals surface area contributed by atoms with Crippen LogP contribution >= 0.6 is 0 Å². The summed E-state index contributed by atoms with van der Waals surface area (Å²) >= 11 is 0. The Balaban J connectivity index is 1.91. The fraction of sp³-hybridized carbons (Fsp3) is 0.562. The van der Waals surface area contributed by atoms with Crippen molar-refractivity contribution in [2.24, 2.45) is 0 Å². The zero-order chi connectivity index (χ0) is 15.4. The van der Waals surface area contributed by atoms with Crippen LogP contribution in [0.5, 0.6) is 0 Å². The van der Waals surface area contributed by atoms with Crippen molar-refractivity contribution in [3.8, 4) is 0 Å². The Kier molecular flexibility index (Phi) is 5.20. The Morgan fingerprint density at radius 2 is 2.00 bits per heavy atom. The van der Waals surface area contributed by atoms with E-state index in [2.05, 4.69) is 36.6 Å². The van der Waals surface area contributed by atoms with Gasteiger partial charge < -0.3 is 20.4 Å². The minimum Gasteiger partial charge on any atom is -0.323 e. The molecule has 0 aromatic heterocycles. The number of carbonyl (C=O) groups excluding carboxylic acids is 1. The second-order valence-electron chi connectivity index (χ2n) is 5.91. The lowest BCUT2D eigenvalue weighted by molar-refractivity contribution is 0.216. The number of nitrogens with zero attached hydrogens (tertiary/aromatic N) is 2. The van der Waals surface area contributed by atoms with Gasteiger partial charge in [-0.3, -0.25) is 0 Å². The van der Waals surface area contributed by atoms with E-state index in [0.717, 1.165) is 25.2 Å². The van der Waals surface area contributed by atoms with E-state index >= 15 is 0 Å². The highest BCUT2D eigenvalue weighted by Crippen LogP contribution is 2.18. The third kappa shape index (κ3) is 3.95. The van der Waals surface area contributed by atoms with Crippen molar-refractivity contribution in [3.05, 3.63) is 29.8 Å². The smallest absolute Gasteiger partial charge is 0.321 e. The number of hydrogen-bond acceptors (Lipinski definition) is 3. The highest BCUT2D eigenvalue weighted by Gasteiger charge is 2.27. The molecular formula is C16H26N4O. The molecule has 1 aromatic carbocycles. The van der Waals surface area contributed by atoms with Gasteiger partial charge in [0.05, 0.1) is 0 Å². The average Bonchev–Trinajstić information content (AvgIpc) is 2.97. The first-order valence-corrected chi connectivity index (χ1v) is 7.51. The van der Waals surface area contributed by atoms with Gasteiger partial charge in [-0.15, -0.1) is 0 Å². The molecule has 1 saturated heterocycles. The number of carbonyl (C=O) groups is 1. The molecule has 1 aliphatic heterocycles. The Morgan fingerprint density at radius 1 is 1.33 bits per heavy atom. The molecule has 2 amide bonds. The number of amides is 2. The quantitative estimate of drug-likeness (QED) is 0.893. The number of nitrogens with one attached hydrogen (secondary N) is 2. The molecule has 2 atom stereocenters. The number of anilines is 1. The highest BCUT2D eigenvalue weighted by atomic mass is 16.2. The van der Waals surface area contributed by atoms with Gasteiger partial charge >= 0.3 is 6.03 Å². The van der Waals surface area contributed by atoms with Crippen molar-refractivity contribution in [1.82, 2.24) is 15.1 Å². The summed E-state index contributed by atoms with van der Waals surface area (Å²) in [6.07, 6.45) is 1.04. The van der Waals surface area contributed by atoms with Crippen molar-refractivity contribution in [2.75, 3.05) is 39.5 Å². The van der Waals surface area contributed by atoms with Crippen LogP contribution in [0.25, 0.3) is 0 Å². The lowest BCUT2D eigenvalue weighted by atomic mass is 10.1. The topological polar surface area (TPSA) is 47.6 Å². The van der Waals surface area contributed by atoms with Gasteiger partial charge in [0.2, 0.25) is 0 Å². The molecule has 5 heteroatoms. The third-order valence-electron chi connectivity index (χ3n) is 4.28. The fourth-order valence-electron chi connectivity index (χ4n) is 2.57. The zero-order valence-corrected chi connectivity index (χ0v) is 13.4. The number of likely N-dealkylation sites (N-methyl/N-ethyl adjacent to an activating group) is 1. The van der Waals surface area contributed by atoms with E-state index in [4.69, 9.17) is 0 Å². The first-order valence-electron chi connectivity index (χ1n) is 7.51. The minimum atomic E-state index is -0.00577. The van der Waals surface area contributed by atoms with Crippen molar-refractivity contribution in [2.45, 2.75) is 25.4 Å². The maximum absolute atomic E-state index is 12.2. The Labute approximate surface area is 127 Å². The molecule has 2 rings (SSSR count). The van der Waals surface area contributed by atoms with Gasteiger partial charge in [0.25, 0.3) is 0 Å². The van der Waals surface area contributed by atoms with Crippen LogP contribution in [0.3, 0.4) is 0 Å². The summed E-state index contributed by atoms with van der Waals surface area (Å²) in [7, 11) is 6.07. The Hall–Kier alpha value is -1.59.